The van der Waals surface area contributed by atoms with Crippen LogP contribution in [0.25, 0.3) is 0 Å². The number of rotatable bonds is 2. The van der Waals surface area contributed by atoms with Crippen molar-refractivity contribution < 1.29 is 5.11 Å². The summed E-state index contributed by atoms with van der Waals surface area (Å²) >= 11 is 0. The van der Waals surface area contributed by atoms with Gasteiger partial charge in [-0.1, -0.05) is 0 Å². The Morgan fingerprint density at radius 2 is 2.12 bits per heavy atom. The molecule has 0 aliphatic carbocycles. The Morgan fingerprint density at radius 3 is 2.69 bits per heavy atom. The van der Waals surface area contributed by atoms with E-state index < -0.39 is 6.10 Å². The first kappa shape index (κ1) is 10.6. The van der Waals surface area contributed by atoms with Crippen molar-refractivity contribution in [2.75, 3.05) is 5.73 Å². The fraction of sp³-hybridized carbons (Fsp3) is 0.273. The van der Waals surface area contributed by atoms with Crippen molar-refractivity contribution >= 4 is 5.82 Å². The van der Waals surface area contributed by atoms with Gasteiger partial charge in [0.25, 0.3) is 0 Å². The van der Waals surface area contributed by atoms with Crippen LogP contribution in [0.2, 0.25) is 0 Å². The summed E-state index contributed by atoms with van der Waals surface area (Å²) in [6, 6.07) is 1.85. The molecule has 2 aromatic rings. The first-order chi connectivity index (χ1) is 7.61. The second-order valence-electron chi connectivity index (χ2n) is 3.74. The minimum absolute atomic E-state index is 0.468. The molecular formula is C11H14N4O. The molecule has 0 fully saturated rings. The lowest BCUT2D eigenvalue weighted by molar-refractivity contribution is 0.220. The number of aliphatic hydroxyl groups excluding tert-OH is 1. The number of nitrogens with two attached hydrogens (primary N) is 1. The number of aliphatic hydroxyl groups is 1. The fourth-order valence-electron chi connectivity index (χ4n) is 1.60. The summed E-state index contributed by atoms with van der Waals surface area (Å²) in [5, 5.41) is 14.2. The molecular weight excluding hydrogens is 204 g/mol. The lowest BCUT2D eigenvalue weighted by Gasteiger charge is -2.12. The van der Waals surface area contributed by atoms with Crippen LogP contribution >= 0.6 is 0 Å². The van der Waals surface area contributed by atoms with E-state index in [-0.39, 0.29) is 0 Å². The van der Waals surface area contributed by atoms with Gasteiger partial charge in [0.2, 0.25) is 0 Å². The number of aryl methyl sites for hydroxylation is 2. The summed E-state index contributed by atoms with van der Waals surface area (Å²) in [4.78, 5) is 4.00. The summed E-state index contributed by atoms with van der Waals surface area (Å²) in [7, 11) is 1.74. The number of aromatic nitrogens is 3. The van der Waals surface area contributed by atoms with E-state index >= 15 is 0 Å². The molecule has 16 heavy (non-hydrogen) atoms. The highest BCUT2D eigenvalue weighted by molar-refractivity contribution is 5.45. The molecule has 0 saturated carbocycles. The topological polar surface area (TPSA) is 77.0 Å². The highest BCUT2D eigenvalue weighted by atomic mass is 16.3. The second kappa shape index (κ2) is 3.94. The van der Waals surface area contributed by atoms with Crippen molar-refractivity contribution in [1.82, 2.24) is 14.8 Å². The average Bonchev–Trinajstić information content (AvgIpc) is 2.60. The molecule has 3 N–H and O–H groups in total. The van der Waals surface area contributed by atoms with Crippen LogP contribution in [0.4, 0.5) is 5.82 Å². The molecule has 0 aliphatic rings. The Balaban J connectivity index is 2.43. The van der Waals surface area contributed by atoms with Crippen LogP contribution in [-0.2, 0) is 7.05 Å². The average molecular weight is 218 g/mol. The van der Waals surface area contributed by atoms with Crippen LogP contribution < -0.4 is 5.73 Å². The number of anilines is 1. The van der Waals surface area contributed by atoms with Gasteiger partial charge in [-0.05, 0) is 18.6 Å². The van der Waals surface area contributed by atoms with Crippen molar-refractivity contribution in [3.63, 3.8) is 0 Å². The number of hydrogen-bond donors (Lipinski definition) is 2. The molecule has 5 heteroatoms. The summed E-state index contributed by atoms with van der Waals surface area (Å²) in [6.07, 6.45) is 4.14. The van der Waals surface area contributed by atoms with Crippen molar-refractivity contribution in [1.29, 1.82) is 0 Å². The molecule has 1 atom stereocenters. The Bertz CT molecular complexity index is 506. The maximum Gasteiger partial charge on any atom is 0.127 e. The summed E-state index contributed by atoms with van der Waals surface area (Å²) in [6.45, 7) is 1.92. The van der Waals surface area contributed by atoms with Crippen LogP contribution in [0.3, 0.4) is 0 Å². The van der Waals surface area contributed by atoms with E-state index in [0.717, 1.165) is 11.1 Å². The maximum atomic E-state index is 10.2. The van der Waals surface area contributed by atoms with E-state index in [1.54, 1.807) is 25.6 Å². The number of nitrogen functional groups attached to an aromatic ring is 1. The van der Waals surface area contributed by atoms with Crippen LogP contribution in [0.15, 0.2) is 24.7 Å². The largest absolute Gasteiger partial charge is 0.384 e. The van der Waals surface area contributed by atoms with Gasteiger partial charge in [-0.25, -0.2) is 0 Å². The summed E-state index contributed by atoms with van der Waals surface area (Å²) < 4.78 is 1.53. The summed E-state index contributed by atoms with van der Waals surface area (Å²) in [5.41, 5.74) is 8.15. The first-order valence-corrected chi connectivity index (χ1v) is 4.97. The molecule has 2 aromatic heterocycles. The smallest absolute Gasteiger partial charge is 0.127 e. The lowest BCUT2D eigenvalue weighted by Crippen LogP contribution is -2.06. The molecule has 0 spiro atoms. The zero-order chi connectivity index (χ0) is 11.7. The van der Waals surface area contributed by atoms with E-state index in [4.69, 9.17) is 5.73 Å². The number of pyridine rings is 1. The molecule has 0 aromatic carbocycles. The van der Waals surface area contributed by atoms with Gasteiger partial charge < -0.3 is 10.8 Å². The van der Waals surface area contributed by atoms with E-state index in [9.17, 15) is 5.11 Å². The molecule has 0 saturated heterocycles. The zero-order valence-corrected chi connectivity index (χ0v) is 9.25. The monoisotopic (exact) mass is 218 g/mol. The van der Waals surface area contributed by atoms with Gasteiger partial charge in [0.05, 0.1) is 6.20 Å². The van der Waals surface area contributed by atoms with Crippen molar-refractivity contribution in [2.24, 2.45) is 7.05 Å². The van der Waals surface area contributed by atoms with Crippen LogP contribution in [0, 0.1) is 6.92 Å². The molecule has 0 radical (unpaired) electrons. The Morgan fingerprint density at radius 1 is 1.38 bits per heavy atom. The standard InChI is InChI=1S/C11H14N4O/c1-7-3-4-13-5-8(7)10(16)9-6-14-15(2)11(9)12/h3-6,10,16H,12H2,1-2H3. The predicted octanol–water partition coefficient (Wildman–Crippen LogP) is 0.787. The van der Waals surface area contributed by atoms with Crippen molar-refractivity contribution in [3.05, 3.63) is 41.3 Å². The third-order valence-electron chi connectivity index (χ3n) is 2.68. The Labute approximate surface area is 93.5 Å². The molecule has 2 heterocycles. The predicted molar refractivity (Wildman–Crippen MR) is 60.7 cm³/mol. The van der Waals surface area contributed by atoms with Gasteiger partial charge >= 0.3 is 0 Å². The zero-order valence-electron chi connectivity index (χ0n) is 9.25. The first-order valence-electron chi connectivity index (χ1n) is 4.97. The quantitative estimate of drug-likeness (QED) is 0.781. The van der Waals surface area contributed by atoms with Crippen LogP contribution in [0.1, 0.15) is 22.8 Å². The highest BCUT2D eigenvalue weighted by Crippen LogP contribution is 2.27. The molecule has 1 unspecified atom stereocenters. The highest BCUT2D eigenvalue weighted by Gasteiger charge is 2.18. The lowest BCUT2D eigenvalue weighted by atomic mass is 10.0. The van der Waals surface area contributed by atoms with Gasteiger partial charge in [-0.2, -0.15) is 5.10 Å². The molecule has 5 nitrogen and oxygen atoms in total. The van der Waals surface area contributed by atoms with E-state index in [1.165, 1.54) is 4.68 Å². The minimum Gasteiger partial charge on any atom is -0.384 e. The molecule has 0 bridgehead atoms. The van der Waals surface area contributed by atoms with E-state index in [0.29, 0.717) is 11.4 Å². The van der Waals surface area contributed by atoms with Gasteiger partial charge in [-0.3, -0.25) is 9.67 Å². The van der Waals surface area contributed by atoms with Gasteiger partial charge in [0.15, 0.2) is 0 Å². The second-order valence-corrected chi connectivity index (χ2v) is 3.74. The normalized spacial score (nSPS) is 12.7. The van der Waals surface area contributed by atoms with E-state index in [2.05, 4.69) is 10.1 Å². The molecule has 0 amide bonds. The third kappa shape index (κ3) is 1.65. The molecule has 84 valence electrons. The maximum absolute atomic E-state index is 10.2. The van der Waals surface area contributed by atoms with Gasteiger partial charge in [-0.15, -0.1) is 0 Å². The SMILES string of the molecule is Cc1ccncc1C(O)c1cnn(C)c1N. The molecule has 0 aliphatic heterocycles. The van der Waals surface area contributed by atoms with Gasteiger partial charge in [0, 0.05) is 30.6 Å². The Kier molecular flexibility index (Phi) is 2.62. The van der Waals surface area contributed by atoms with Crippen molar-refractivity contribution in [3.8, 4) is 0 Å². The van der Waals surface area contributed by atoms with Crippen LogP contribution in [0.5, 0.6) is 0 Å². The molecule has 2 rings (SSSR count). The van der Waals surface area contributed by atoms with Gasteiger partial charge in [0.1, 0.15) is 11.9 Å². The van der Waals surface area contributed by atoms with E-state index in [1.807, 2.05) is 13.0 Å². The minimum atomic E-state index is -0.776. The van der Waals surface area contributed by atoms with Crippen LogP contribution in [-0.4, -0.2) is 19.9 Å². The number of nitrogens with zero attached hydrogens (tertiary/aromatic N) is 3. The van der Waals surface area contributed by atoms with Crippen molar-refractivity contribution in [2.45, 2.75) is 13.0 Å². The fourth-order valence-corrected chi connectivity index (χ4v) is 1.60. The number of hydrogen-bond acceptors (Lipinski definition) is 4. The summed E-state index contributed by atoms with van der Waals surface area (Å²) in [5.74, 6) is 0.468. The third-order valence-corrected chi connectivity index (χ3v) is 2.68. The Hall–Kier alpha value is -1.88.